The number of furan rings is 1. The van der Waals surface area contributed by atoms with Gasteiger partial charge in [-0.1, -0.05) is 66.7 Å². The third-order valence-electron chi connectivity index (χ3n) is 4.74. The molecule has 0 bridgehead atoms. The molecule has 1 N–H and O–H groups in total. The Morgan fingerprint density at radius 3 is 2.16 bits per heavy atom. The fraction of sp³-hybridized carbons (Fsp3) is 0.0385. The molecule has 1 amide bonds. The van der Waals surface area contributed by atoms with E-state index in [0.717, 1.165) is 23.3 Å². The van der Waals surface area contributed by atoms with E-state index in [-0.39, 0.29) is 17.1 Å². The van der Waals surface area contributed by atoms with E-state index in [1.165, 1.54) is 24.3 Å². The summed E-state index contributed by atoms with van der Waals surface area (Å²) in [5, 5.41) is 2.72. The van der Waals surface area contributed by atoms with Crippen LogP contribution in [0.4, 0.5) is 18.9 Å². The van der Waals surface area contributed by atoms with Gasteiger partial charge in [-0.2, -0.15) is 13.2 Å². The molecule has 0 atom stereocenters. The van der Waals surface area contributed by atoms with Gasteiger partial charge in [0.1, 0.15) is 5.76 Å². The number of alkyl halides is 3. The van der Waals surface area contributed by atoms with E-state index >= 15 is 0 Å². The van der Waals surface area contributed by atoms with E-state index in [1.54, 1.807) is 12.1 Å². The molecule has 3 aromatic carbocycles. The quantitative estimate of drug-likeness (QED) is 0.334. The van der Waals surface area contributed by atoms with E-state index in [2.05, 4.69) is 5.32 Å². The molecule has 160 valence electrons. The van der Waals surface area contributed by atoms with E-state index in [4.69, 9.17) is 4.42 Å². The van der Waals surface area contributed by atoms with Gasteiger partial charge in [-0.25, -0.2) is 0 Å². The van der Waals surface area contributed by atoms with Crippen molar-refractivity contribution >= 4 is 23.7 Å². The largest absolute Gasteiger partial charge is 0.451 e. The lowest BCUT2D eigenvalue weighted by Crippen LogP contribution is -2.10. The number of amides is 1. The molecule has 0 fully saturated rings. The van der Waals surface area contributed by atoms with Gasteiger partial charge < -0.3 is 9.73 Å². The van der Waals surface area contributed by atoms with Crippen molar-refractivity contribution in [2.75, 3.05) is 5.32 Å². The van der Waals surface area contributed by atoms with Crippen LogP contribution < -0.4 is 5.32 Å². The lowest BCUT2D eigenvalue weighted by atomic mass is 10.1. The summed E-state index contributed by atoms with van der Waals surface area (Å²) in [4.78, 5) is 12.5. The highest BCUT2D eigenvalue weighted by Crippen LogP contribution is 2.32. The highest BCUT2D eigenvalue weighted by atomic mass is 19.4. The summed E-state index contributed by atoms with van der Waals surface area (Å²) in [6, 6.07) is 24.8. The van der Waals surface area contributed by atoms with Gasteiger partial charge in [0.05, 0.1) is 5.56 Å². The maximum absolute atomic E-state index is 12.9. The lowest BCUT2D eigenvalue weighted by Gasteiger charge is -2.07. The monoisotopic (exact) mass is 433 g/mol. The van der Waals surface area contributed by atoms with Crippen molar-refractivity contribution in [1.82, 2.24) is 0 Å². The first kappa shape index (κ1) is 21.2. The summed E-state index contributed by atoms with van der Waals surface area (Å²) in [7, 11) is 0. The maximum atomic E-state index is 12.9. The highest BCUT2D eigenvalue weighted by molar-refractivity contribution is 6.02. The van der Waals surface area contributed by atoms with E-state index in [1.807, 2.05) is 54.6 Å². The lowest BCUT2D eigenvalue weighted by molar-refractivity contribution is -0.137. The van der Waals surface area contributed by atoms with Crippen molar-refractivity contribution < 1.29 is 22.4 Å². The minimum atomic E-state index is -4.45. The van der Waals surface area contributed by atoms with Gasteiger partial charge in [0.25, 0.3) is 5.91 Å². The Labute approximate surface area is 182 Å². The fourth-order valence-electron chi connectivity index (χ4n) is 3.09. The van der Waals surface area contributed by atoms with Gasteiger partial charge in [-0.3, -0.25) is 4.79 Å². The second-order valence-corrected chi connectivity index (χ2v) is 7.06. The van der Waals surface area contributed by atoms with Gasteiger partial charge in [0.15, 0.2) is 5.76 Å². The molecule has 1 aromatic heterocycles. The molecule has 0 saturated carbocycles. The van der Waals surface area contributed by atoms with Gasteiger partial charge in [-0.15, -0.1) is 0 Å². The minimum absolute atomic E-state index is 0.00506. The average molecular weight is 433 g/mol. The fourth-order valence-corrected chi connectivity index (χ4v) is 3.09. The van der Waals surface area contributed by atoms with Crippen molar-refractivity contribution in [2.24, 2.45) is 0 Å². The molecule has 0 spiro atoms. The molecule has 0 radical (unpaired) electrons. The summed E-state index contributed by atoms with van der Waals surface area (Å²) in [5.74, 6) is -0.302. The molecule has 0 unspecified atom stereocenters. The van der Waals surface area contributed by atoms with Gasteiger partial charge in [0.2, 0.25) is 0 Å². The second-order valence-electron chi connectivity index (χ2n) is 7.06. The molecule has 4 aromatic rings. The Morgan fingerprint density at radius 1 is 0.781 bits per heavy atom. The Balaban J connectivity index is 1.43. The van der Waals surface area contributed by atoms with Crippen molar-refractivity contribution in [2.45, 2.75) is 6.18 Å². The van der Waals surface area contributed by atoms with Crippen LogP contribution in [-0.4, -0.2) is 5.91 Å². The number of hydrogen-bond acceptors (Lipinski definition) is 2. The van der Waals surface area contributed by atoms with Crippen molar-refractivity contribution in [3.05, 3.63) is 113 Å². The summed E-state index contributed by atoms with van der Waals surface area (Å²) in [5.41, 5.74) is 2.09. The van der Waals surface area contributed by atoms with Crippen LogP contribution in [0.3, 0.4) is 0 Å². The van der Waals surface area contributed by atoms with Gasteiger partial charge >= 0.3 is 6.18 Å². The predicted molar refractivity (Wildman–Crippen MR) is 119 cm³/mol. The van der Waals surface area contributed by atoms with Crippen LogP contribution in [0.5, 0.6) is 0 Å². The zero-order chi connectivity index (χ0) is 22.6. The Bertz CT molecular complexity index is 1240. The first-order chi connectivity index (χ1) is 15.4. The van der Waals surface area contributed by atoms with Gasteiger partial charge in [0, 0.05) is 11.3 Å². The Morgan fingerprint density at radius 2 is 1.47 bits per heavy atom. The number of carbonyl (C=O) groups excluding carboxylic acids is 1. The molecule has 6 heteroatoms. The molecule has 3 nitrogen and oxygen atoms in total. The standard InChI is InChI=1S/C26H18F3NO2/c27-26(28,29)21-8-4-7-20(17-21)23-15-16-24(32-23)25(31)30-22-13-11-19(12-14-22)10-9-18-5-2-1-3-6-18/h1-17H,(H,30,31). The Hall–Kier alpha value is -4.06. The summed E-state index contributed by atoms with van der Waals surface area (Å²) >= 11 is 0. The predicted octanol–water partition coefficient (Wildman–Crippen LogP) is 7.39. The number of anilines is 1. The third-order valence-corrected chi connectivity index (χ3v) is 4.74. The number of carbonyl (C=O) groups is 1. The van der Waals surface area contributed by atoms with E-state index in [0.29, 0.717) is 5.69 Å². The zero-order valence-electron chi connectivity index (χ0n) is 16.8. The van der Waals surface area contributed by atoms with E-state index < -0.39 is 17.6 Å². The number of rotatable bonds is 5. The van der Waals surface area contributed by atoms with Crippen molar-refractivity contribution in [1.29, 1.82) is 0 Å². The van der Waals surface area contributed by atoms with Crippen LogP contribution in [0.1, 0.15) is 27.2 Å². The van der Waals surface area contributed by atoms with Gasteiger partial charge in [-0.05, 0) is 47.5 Å². The SMILES string of the molecule is O=C(Nc1ccc(C=Cc2ccccc2)cc1)c1ccc(-c2cccc(C(F)(F)F)c2)o1. The molecule has 0 saturated heterocycles. The highest BCUT2D eigenvalue weighted by Gasteiger charge is 2.30. The second kappa shape index (κ2) is 8.98. The normalized spacial score (nSPS) is 11.6. The number of halogens is 3. The minimum Gasteiger partial charge on any atom is -0.451 e. The molecule has 0 aliphatic carbocycles. The topological polar surface area (TPSA) is 42.2 Å². The third kappa shape index (κ3) is 5.16. The molecular weight excluding hydrogens is 415 g/mol. The molecular formula is C26H18F3NO2. The first-order valence-electron chi connectivity index (χ1n) is 9.80. The average Bonchev–Trinajstić information content (AvgIpc) is 3.29. The molecule has 1 heterocycles. The van der Waals surface area contributed by atoms with Crippen molar-refractivity contribution in [3.8, 4) is 11.3 Å². The Kier molecular flexibility index (Phi) is 5.94. The smallest absolute Gasteiger partial charge is 0.416 e. The van der Waals surface area contributed by atoms with Crippen molar-refractivity contribution in [3.63, 3.8) is 0 Å². The number of nitrogens with one attached hydrogen (secondary N) is 1. The molecule has 0 aliphatic heterocycles. The maximum Gasteiger partial charge on any atom is 0.416 e. The zero-order valence-corrected chi connectivity index (χ0v) is 16.8. The summed E-state index contributed by atoms with van der Waals surface area (Å²) < 4.78 is 44.3. The summed E-state index contributed by atoms with van der Waals surface area (Å²) in [6.07, 6.45) is -0.494. The molecule has 0 aliphatic rings. The summed E-state index contributed by atoms with van der Waals surface area (Å²) in [6.45, 7) is 0. The van der Waals surface area contributed by atoms with Crippen LogP contribution in [0.2, 0.25) is 0 Å². The van der Waals surface area contributed by atoms with Crippen LogP contribution >= 0.6 is 0 Å². The van der Waals surface area contributed by atoms with Crippen LogP contribution in [0, 0.1) is 0 Å². The van der Waals surface area contributed by atoms with Crippen LogP contribution in [-0.2, 0) is 6.18 Å². The van der Waals surface area contributed by atoms with Crippen LogP contribution in [0.25, 0.3) is 23.5 Å². The molecule has 32 heavy (non-hydrogen) atoms. The van der Waals surface area contributed by atoms with Crippen LogP contribution in [0.15, 0.2) is 95.4 Å². The van der Waals surface area contributed by atoms with E-state index in [9.17, 15) is 18.0 Å². The number of hydrogen-bond donors (Lipinski definition) is 1. The molecule has 4 rings (SSSR count). The number of benzene rings is 3. The first-order valence-corrected chi connectivity index (χ1v) is 9.80.